The molecule has 3 N–H and O–H groups in total. The smallest absolute Gasteiger partial charge is 0.221 e. The van der Waals surface area contributed by atoms with Gasteiger partial charge in [0.15, 0.2) is 22.1 Å². The van der Waals surface area contributed by atoms with Gasteiger partial charge in [0.05, 0.1) is 0 Å². The quantitative estimate of drug-likeness (QED) is 0.530. The van der Waals surface area contributed by atoms with Crippen LogP contribution in [0.3, 0.4) is 0 Å². The van der Waals surface area contributed by atoms with E-state index in [1.54, 1.807) is 18.8 Å². The number of fused-ring (bicyclic) bond motifs is 2. The maximum atomic E-state index is 11.8. The first-order valence-electron chi connectivity index (χ1n) is 8.73. The number of nitrogen functional groups attached to an aromatic ring is 1. The summed E-state index contributed by atoms with van der Waals surface area (Å²) in [6, 6.07) is 4.54. The van der Waals surface area contributed by atoms with Crippen molar-refractivity contribution in [2.45, 2.75) is 42.3 Å². The summed E-state index contributed by atoms with van der Waals surface area (Å²) in [5.74, 6) is 0.325. The van der Waals surface area contributed by atoms with Gasteiger partial charge in [0, 0.05) is 28.5 Å². The van der Waals surface area contributed by atoms with Crippen LogP contribution in [0.1, 0.15) is 24.0 Å². The van der Waals surface area contributed by atoms with Gasteiger partial charge >= 0.3 is 0 Å². The lowest BCUT2D eigenvalue weighted by atomic mass is 10.1. The zero-order valence-electron chi connectivity index (χ0n) is 14.8. The minimum absolute atomic E-state index is 0.0260. The normalized spacial score (nSPS) is 13.1. The van der Waals surface area contributed by atoms with Crippen molar-refractivity contribution >= 4 is 57.2 Å². The molecule has 3 aromatic rings. The predicted molar refractivity (Wildman–Crippen MR) is 114 cm³/mol. The first kappa shape index (κ1) is 18.5. The molecule has 0 saturated carbocycles. The summed E-state index contributed by atoms with van der Waals surface area (Å²) in [7, 11) is 1.64. The van der Waals surface area contributed by atoms with Crippen molar-refractivity contribution in [3.05, 3.63) is 33.2 Å². The molecule has 1 aliphatic rings. The molecule has 0 radical (unpaired) electrons. The van der Waals surface area contributed by atoms with Crippen molar-refractivity contribution in [2.75, 3.05) is 12.8 Å². The van der Waals surface area contributed by atoms with Crippen molar-refractivity contribution in [1.82, 2.24) is 24.8 Å². The molecule has 4 rings (SSSR count). The van der Waals surface area contributed by atoms with Gasteiger partial charge in [-0.1, -0.05) is 11.8 Å². The SMILES string of the molecule is CNC(=O)CCn1c(Sc2cc3c(cc2I)CCC3)nc2c(N)ncnc21. The third-order valence-corrected chi connectivity index (χ3v) is 7.02. The van der Waals surface area contributed by atoms with Gasteiger partial charge in [0.2, 0.25) is 5.91 Å². The molecule has 1 aromatic carbocycles. The molecule has 1 aliphatic carbocycles. The molecule has 7 nitrogen and oxygen atoms in total. The van der Waals surface area contributed by atoms with E-state index in [0.717, 1.165) is 18.0 Å². The van der Waals surface area contributed by atoms with Gasteiger partial charge in [-0.25, -0.2) is 15.0 Å². The molecule has 140 valence electrons. The number of nitrogens with zero attached hydrogens (tertiary/aromatic N) is 4. The van der Waals surface area contributed by atoms with Crippen LogP contribution in [-0.4, -0.2) is 32.5 Å². The number of imidazole rings is 1. The second-order valence-electron chi connectivity index (χ2n) is 6.41. The first-order chi connectivity index (χ1) is 13.1. The van der Waals surface area contributed by atoms with E-state index in [1.165, 1.54) is 32.3 Å². The summed E-state index contributed by atoms with van der Waals surface area (Å²) in [5.41, 5.74) is 10.1. The lowest BCUT2D eigenvalue weighted by Gasteiger charge is -2.10. The van der Waals surface area contributed by atoms with E-state index >= 15 is 0 Å². The summed E-state index contributed by atoms with van der Waals surface area (Å²) in [4.78, 5) is 26.0. The molecule has 0 saturated heterocycles. The number of hydrogen-bond acceptors (Lipinski definition) is 6. The van der Waals surface area contributed by atoms with Crippen LogP contribution in [0.25, 0.3) is 11.2 Å². The van der Waals surface area contributed by atoms with Crippen LogP contribution in [0.2, 0.25) is 0 Å². The fourth-order valence-electron chi connectivity index (χ4n) is 3.30. The molecular formula is C18H19IN6OS. The van der Waals surface area contributed by atoms with Gasteiger partial charge in [-0.2, -0.15) is 0 Å². The maximum absolute atomic E-state index is 11.8. The first-order valence-corrected chi connectivity index (χ1v) is 10.6. The van der Waals surface area contributed by atoms with Crippen LogP contribution < -0.4 is 11.1 Å². The zero-order valence-corrected chi connectivity index (χ0v) is 17.8. The Labute approximate surface area is 174 Å². The van der Waals surface area contributed by atoms with E-state index in [4.69, 9.17) is 5.73 Å². The van der Waals surface area contributed by atoms with Crippen LogP contribution >= 0.6 is 34.4 Å². The molecule has 0 bridgehead atoms. The number of nitrogens with one attached hydrogen (secondary N) is 1. The molecule has 0 atom stereocenters. The molecule has 0 aliphatic heterocycles. The van der Waals surface area contributed by atoms with Gasteiger partial charge < -0.3 is 15.6 Å². The number of aromatic nitrogens is 4. The Morgan fingerprint density at radius 3 is 2.89 bits per heavy atom. The van der Waals surface area contributed by atoms with Crippen molar-refractivity contribution in [2.24, 2.45) is 0 Å². The molecule has 0 spiro atoms. The number of carbonyl (C=O) groups is 1. The van der Waals surface area contributed by atoms with Crippen LogP contribution in [0.5, 0.6) is 0 Å². The number of hydrogen-bond donors (Lipinski definition) is 2. The van der Waals surface area contributed by atoms with Gasteiger partial charge in [-0.15, -0.1) is 0 Å². The maximum Gasteiger partial charge on any atom is 0.221 e. The Hall–Kier alpha value is -1.88. The average molecular weight is 494 g/mol. The highest BCUT2D eigenvalue weighted by Gasteiger charge is 2.19. The number of anilines is 1. The highest BCUT2D eigenvalue weighted by molar-refractivity contribution is 14.1. The molecule has 2 aromatic heterocycles. The van der Waals surface area contributed by atoms with E-state index < -0.39 is 0 Å². The Morgan fingerprint density at radius 1 is 1.33 bits per heavy atom. The monoisotopic (exact) mass is 494 g/mol. The van der Waals surface area contributed by atoms with E-state index in [0.29, 0.717) is 29.9 Å². The summed E-state index contributed by atoms with van der Waals surface area (Å²) in [6.07, 6.45) is 5.29. The summed E-state index contributed by atoms with van der Waals surface area (Å²) < 4.78 is 3.17. The summed E-state index contributed by atoms with van der Waals surface area (Å²) in [6.45, 7) is 0.483. The number of carbonyl (C=O) groups excluding carboxylic acids is 1. The second-order valence-corrected chi connectivity index (χ2v) is 8.58. The van der Waals surface area contributed by atoms with Crippen molar-refractivity contribution < 1.29 is 4.79 Å². The molecule has 0 fully saturated rings. The van der Waals surface area contributed by atoms with E-state index in [1.807, 2.05) is 4.57 Å². The van der Waals surface area contributed by atoms with Crippen LogP contribution in [0.4, 0.5) is 5.82 Å². The fourth-order valence-corrected chi connectivity index (χ4v) is 5.14. The summed E-state index contributed by atoms with van der Waals surface area (Å²) >= 11 is 3.97. The minimum Gasteiger partial charge on any atom is -0.382 e. The fraction of sp³-hybridized carbons (Fsp3) is 0.333. The molecule has 27 heavy (non-hydrogen) atoms. The number of nitrogens with two attached hydrogens (primary N) is 1. The third-order valence-electron chi connectivity index (χ3n) is 4.71. The number of benzene rings is 1. The van der Waals surface area contributed by atoms with E-state index in [-0.39, 0.29) is 5.91 Å². The van der Waals surface area contributed by atoms with Crippen LogP contribution in [0.15, 0.2) is 28.5 Å². The lowest BCUT2D eigenvalue weighted by molar-refractivity contribution is -0.120. The molecule has 9 heteroatoms. The average Bonchev–Trinajstić information content (AvgIpc) is 3.25. The summed E-state index contributed by atoms with van der Waals surface area (Å²) in [5, 5.41) is 3.43. The van der Waals surface area contributed by atoms with Crippen molar-refractivity contribution in [1.29, 1.82) is 0 Å². The number of rotatable bonds is 5. The Morgan fingerprint density at radius 2 is 2.11 bits per heavy atom. The standard InChI is InChI=1S/C18H19IN6OS/c1-21-14(26)5-6-25-17-15(16(20)22-9-23-17)24-18(25)27-13-8-11-4-2-3-10(11)7-12(13)19/h7-9H,2-6H2,1H3,(H,21,26)(H2,20,22,23). The Bertz CT molecular complexity index is 1030. The molecule has 0 unspecified atom stereocenters. The lowest BCUT2D eigenvalue weighted by Crippen LogP contribution is -2.19. The Balaban J connectivity index is 1.74. The highest BCUT2D eigenvalue weighted by atomic mass is 127. The van der Waals surface area contributed by atoms with Crippen molar-refractivity contribution in [3.8, 4) is 0 Å². The van der Waals surface area contributed by atoms with Gasteiger partial charge in [0.1, 0.15) is 6.33 Å². The highest BCUT2D eigenvalue weighted by Crippen LogP contribution is 2.37. The number of amides is 1. The van der Waals surface area contributed by atoms with E-state index in [2.05, 4.69) is 55.0 Å². The van der Waals surface area contributed by atoms with Crippen molar-refractivity contribution in [3.63, 3.8) is 0 Å². The number of aryl methyl sites for hydroxylation is 3. The predicted octanol–water partition coefficient (Wildman–Crippen LogP) is 2.79. The topological polar surface area (TPSA) is 98.7 Å². The van der Waals surface area contributed by atoms with Gasteiger partial charge in [-0.05, 0) is 65.1 Å². The molecule has 2 heterocycles. The van der Waals surface area contributed by atoms with Gasteiger partial charge in [-0.3, -0.25) is 4.79 Å². The van der Waals surface area contributed by atoms with E-state index in [9.17, 15) is 4.79 Å². The molecule has 1 amide bonds. The second kappa shape index (κ2) is 7.63. The van der Waals surface area contributed by atoms with Gasteiger partial charge in [0.25, 0.3) is 0 Å². The number of halogens is 1. The molecular weight excluding hydrogens is 475 g/mol. The third kappa shape index (κ3) is 3.62. The van der Waals surface area contributed by atoms with Crippen LogP contribution in [-0.2, 0) is 24.2 Å². The zero-order chi connectivity index (χ0) is 19.0. The Kier molecular flexibility index (Phi) is 5.22. The minimum atomic E-state index is -0.0260. The largest absolute Gasteiger partial charge is 0.382 e. The van der Waals surface area contributed by atoms with Crippen LogP contribution in [0, 0.1) is 3.57 Å².